The SMILES string of the molecule is Cn1ccnc1C(NC(=O)c1ccccc1O)c1ccc(Cl)cc1. The number of aromatic nitrogens is 2. The van der Waals surface area contributed by atoms with Crippen LogP contribution < -0.4 is 5.32 Å². The van der Waals surface area contributed by atoms with E-state index in [1.54, 1.807) is 36.5 Å². The number of imidazole rings is 1. The van der Waals surface area contributed by atoms with Crippen molar-refractivity contribution in [3.63, 3.8) is 0 Å². The second kappa shape index (κ2) is 6.76. The van der Waals surface area contributed by atoms with Gasteiger partial charge in [0.05, 0.1) is 5.56 Å². The van der Waals surface area contributed by atoms with Crippen molar-refractivity contribution >= 4 is 17.5 Å². The third-order valence-corrected chi connectivity index (χ3v) is 4.00. The molecule has 0 aliphatic heterocycles. The first kappa shape index (κ1) is 16.1. The highest BCUT2D eigenvalue weighted by atomic mass is 35.5. The Bertz CT molecular complexity index is 859. The van der Waals surface area contributed by atoms with Crippen molar-refractivity contribution in [2.75, 3.05) is 0 Å². The van der Waals surface area contributed by atoms with Gasteiger partial charge in [0.2, 0.25) is 0 Å². The van der Waals surface area contributed by atoms with Gasteiger partial charge in [-0.05, 0) is 29.8 Å². The van der Waals surface area contributed by atoms with Gasteiger partial charge in [0.1, 0.15) is 17.6 Å². The Balaban J connectivity index is 1.97. The van der Waals surface area contributed by atoms with Crippen LogP contribution >= 0.6 is 11.6 Å². The van der Waals surface area contributed by atoms with Gasteiger partial charge in [-0.15, -0.1) is 0 Å². The predicted molar refractivity (Wildman–Crippen MR) is 92.1 cm³/mol. The molecule has 6 heteroatoms. The molecule has 1 unspecified atom stereocenters. The molecule has 1 amide bonds. The fourth-order valence-electron chi connectivity index (χ4n) is 2.48. The second-order valence-electron chi connectivity index (χ2n) is 5.37. The number of nitrogens with zero attached hydrogens (tertiary/aromatic N) is 2. The lowest BCUT2D eigenvalue weighted by Crippen LogP contribution is -2.31. The molecule has 0 fully saturated rings. The number of amides is 1. The predicted octanol–water partition coefficient (Wildman–Crippen LogP) is 3.30. The second-order valence-corrected chi connectivity index (χ2v) is 5.81. The summed E-state index contributed by atoms with van der Waals surface area (Å²) in [6.45, 7) is 0. The molecular weight excluding hydrogens is 326 g/mol. The smallest absolute Gasteiger partial charge is 0.255 e. The summed E-state index contributed by atoms with van der Waals surface area (Å²) in [5, 5.41) is 13.4. The van der Waals surface area contributed by atoms with Crippen molar-refractivity contribution in [1.29, 1.82) is 0 Å². The van der Waals surface area contributed by atoms with E-state index in [1.807, 2.05) is 29.9 Å². The number of rotatable bonds is 4. The van der Waals surface area contributed by atoms with Gasteiger partial charge in [0.25, 0.3) is 5.91 Å². The molecule has 2 N–H and O–H groups in total. The number of nitrogens with one attached hydrogen (secondary N) is 1. The van der Waals surface area contributed by atoms with E-state index < -0.39 is 6.04 Å². The average Bonchev–Trinajstić information content (AvgIpc) is 2.99. The van der Waals surface area contributed by atoms with E-state index in [9.17, 15) is 9.90 Å². The van der Waals surface area contributed by atoms with Crippen molar-refractivity contribution < 1.29 is 9.90 Å². The quantitative estimate of drug-likeness (QED) is 0.765. The van der Waals surface area contributed by atoms with Gasteiger partial charge in [-0.1, -0.05) is 35.9 Å². The van der Waals surface area contributed by atoms with E-state index in [4.69, 9.17) is 11.6 Å². The lowest BCUT2D eigenvalue weighted by Gasteiger charge is -2.19. The first-order valence-electron chi connectivity index (χ1n) is 7.38. The number of aromatic hydroxyl groups is 1. The van der Waals surface area contributed by atoms with Gasteiger partial charge in [-0.25, -0.2) is 4.98 Å². The highest BCUT2D eigenvalue weighted by molar-refractivity contribution is 6.30. The van der Waals surface area contributed by atoms with Crippen molar-refractivity contribution in [3.8, 4) is 5.75 Å². The lowest BCUT2D eigenvalue weighted by atomic mass is 10.1. The van der Waals surface area contributed by atoms with Crippen molar-refractivity contribution in [2.24, 2.45) is 7.05 Å². The minimum Gasteiger partial charge on any atom is -0.507 e. The summed E-state index contributed by atoms with van der Waals surface area (Å²) in [7, 11) is 1.86. The molecule has 3 rings (SSSR count). The van der Waals surface area contributed by atoms with Crippen LogP contribution in [0.15, 0.2) is 60.9 Å². The van der Waals surface area contributed by atoms with Crippen LogP contribution in [-0.4, -0.2) is 20.6 Å². The third-order valence-electron chi connectivity index (χ3n) is 3.74. The fraction of sp³-hybridized carbons (Fsp3) is 0.111. The normalized spacial score (nSPS) is 11.9. The van der Waals surface area contributed by atoms with Crippen molar-refractivity contribution in [3.05, 3.63) is 82.9 Å². The van der Waals surface area contributed by atoms with Crippen LogP contribution in [0.5, 0.6) is 5.75 Å². The van der Waals surface area contributed by atoms with Crippen LogP contribution in [0.2, 0.25) is 5.02 Å². The summed E-state index contributed by atoms with van der Waals surface area (Å²) in [5.41, 5.74) is 1.06. The first-order valence-corrected chi connectivity index (χ1v) is 7.75. The maximum Gasteiger partial charge on any atom is 0.255 e. The van der Waals surface area contributed by atoms with Gasteiger partial charge < -0.3 is 15.0 Å². The molecule has 0 aliphatic carbocycles. The third kappa shape index (κ3) is 3.26. The van der Waals surface area contributed by atoms with E-state index in [0.29, 0.717) is 10.8 Å². The lowest BCUT2D eigenvalue weighted by molar-refractivity contribution is 0.0938. The zero-order valence-corrected chi connectivity index (χ0v) is 13.7. The maximum absolute atomic E-state index is 12.6. The number of aryl methyl sites for hydroxylation is 1. The first-order chi connectivity index (χ1) is 11.6. The molecule has 24 heavy (non-hydrogen) atoms. The van der Waals surface area contributed by atoms with Gasteiger partial charge >= 0.3 is 0 Å². The zero-order valence-electron chi connectivity index (χ0n) is 13.0. The molecular formula is C18H16ClN3O2. The number of halogens is 1. The summed E-state index contributed by atoms with van der Waals surface area (Å²) in [5.74, 6) is 0.238. The Morgan fingerprint density at radius 1 is 1.21 bits per heavy atom. The molecule has 1 heterocycles. The van der Waals surface area contributed by atoms with E-state index in [2.05, 4.69) is 10.3 Å². The fourth-order valence-corrected chi connectivity index (χ4v) is 2.61. The maximum atomic E-state index is 12.6. The standard InChI is InChI=1S/C18H16ClN3O2/c1-22-11-10-20-17(22)16(12-6-8-13(19)9-7-12)21-18(24)14-4-2-3-5-15(14)23/h2-11,16,23H,1H3,(H,21,24). The summed E-state index contributed by atoms with van der Waals surface area (Å²) in [6, 6.07) is 13.2. The van der Waals surface area contributed by atoms with Gasteiger partial charge in [0.15, 0.2) is 0 Å². The number of carbonyl (C=O) groups is 1. The van der Waals surface area contributed by atoms with E-state index >= 15 is 0 Å². The molecule has 2 aromatic carbocycles. The molecule has 0 saturated carbocycles. The van der Waals surface area contributed by atoms with Crippen molar-refractivity contribution in [2.45, 2.75) is 6.04 Å². The van der Waals surface area contributed by atoms with Crippen LogP contribution in [-0.2, 0) is 7.05 Å². The van der Waals surface area contributed by atoms with E-state index in [1.165, 1.54) is 6.07 Å². The monoisotopic (exact) mass is 341 g/mol. The summed E-state index contributed by atoms with van der Waals surface area (Å²) in [4.78, 5) is 16.9. The van der Waals surface area contributed by atoms with Crippen LogP contribution in [0.1, 0.15) is 27.8 Å². The molecule has 0 spiro atoms. The molecule has 0 bridgehead atoms. The van der Waals surface area contributed by atoms with Crippen LogP contribution in [0.25, 0.3) is 0 Å². The molecule has 122 valence electrons. The Morgan fingerprint density at radius 3 is 2.54 bits per heavy atom. The van der Waals surface area contributed by atoms with Crippen molar-refractivity contribution in [1.82, 2.24) is 14.9 Å². The Morgan fingerprint density at radius 2 is 1.92 bits per heavy atom. The number of hydrogen-bond acceptors (Lipinski definition) is 3. The number of phenols is 1. The Kier molecular flexibility index (Phi) is 4.53. The number of hydrogen-bond donors (Lipinski definition) is 2. The Hall–Kier alpha value is -2.79. The topological polar surface area (TPSA) is 67.2 Å². The highest BCUT2D eigenvalue weighted by Crippen LogP contribution is 2.24. The van der Waals surface area contributed by atoms with Gasteiger partial charge in [-0.2, -0.15) is 0 Å². The summed E-state index contributed by atoms with van der Waals surface area (Å²) >= 11 is 5.95. The molecule has 3 aromatic rings. The summed E-state index contributed by atoms with van der Waals surface area (Å²) in [6.07, 6.45) is 3.48. The average molecular weight is 342 g/mol. The molecule has 0 radical (unpaired) electrons. The summed E-state index contributed by atoms with van der Waals surface area (Å²) < 4.78 is 1.84. The van der Waals surface area contributed by atoms with Crippen LogP contribution in [0, 0.1) is 0 Å². The number of carbonyl (C=O) groups excluding carboxylic acids is 1. The molecule has 0 aliphatic rings. The highest BCUT2D eigenvalue weighted by Gasteiger charge is 2.22. The Labute approximate surface area is 144 Å². The number of para-hydroxylation sites is 1. The largest absolute Gasteiger partial charge is 0.507 e. The molecule has 5 nitrogen and oxygen atoms in total. The number of benzene rings is 2. The minimum absolute atomic E-state index is 0.0651. The minimum atomic E-state index is -0.464. The van der Waals surface area contributed by atoms with E-state index in [0.717, 1.165) is 5.56 Å². The number of phenolic OH excluding ortho intramolecular Hbond substituents is 1. The molecule has 1 aromatic heterocycles. The van der Waals surface area contributed by atoms with Gasteiger partial charge in [-0.3, -0.25) is 4.79 Å². The molecule has 1 atom stereocenters. The van der Waals surface area contributed by atoms with Gasteiger partial charge in [0, 0.05) is 24.5 Å². The van der Waals surface area contributed by atoms with E-state index in [-0.39, 0.29) is 17.2 Å². The zero-order chi connectivity index (χ0) is 17.1. The van der Waals surface area contributed by atoms with Crippen LogP contribution in [0.4, 0.5) is 0 Å². The molecule has 0 saturated heterocycles. The van der Waals surface area contributed by atoms with Crippen LogP contribution in [0.3, 0.4) is 0 Å².